The number of aliphatic imine (C=N–C) groups is 1. The van der Waals surface area contributed by atoms with E-state index in [9.17, 15) is 9.90 Å². The summed E-state index contributed by atoms with van der Waals surface area (Å²) in [5.74, 6) is 1.28. The summed E-state index contributed by atoms with van der Waals surface area (Å²) >= 11 is 8.09. The molecule has 0 spiro atoms. The number of halogens is 1. The second kappa shape index (κ2) is 9.61. The van der Waals surface area contributed by atoms with Crippen molar-refractivity contribution in [1.82, 2.24) is 9.88 Å². The van der Waals surface area contributed by atoms with Crippen LogP contribution in [0.4, 0.5) is 0 Å². The Labute approximate surface area is 219 Å². The number of benzene rings is 1. The number of aliphatic hydroxyl groups is 1. The van der Waals surface area contributed by atoms with Crippen LogP contribution in [0.1, 0.15) is 49.2 Å². The number of allylic oxidation sites excluding steroid dienone is 1. The monoisotopic (exact) mass is 521 g/mol. The minimum absolute atomic E-state index is 0.0488. The molecule has 1 saturated heterocycles. The van der Waals surface area contributed by atoms with Crippen molar-refractivity contribution in [1.29, 1.82) is 0 Å². The van der Waals surface area contributed by atoms with E-state index in [4.69, 9.17) is 16.3 Å². The van der Waals surface area contributed by atoms with E-state index < -0.39 is 12.2 Å². The number of pyridine rings is 1. The summed E-state index contributed by atoms with van der Waals surface area (Å²) in [6.07, 6.45) is 8.69. The zero-order valence-electron chi connectivity index (χ0n) is 20.1. The van der Waals surface area contributed by atoms with E-state index in [-0.39, 0.29) is 5.91 Å². The highest BCUT2D eigenvalue weighted by Gasteiger charge is 2.36. The van der Waals surface area contributed by atoms with Crippen LogP contribution in [0, 0.1) is 5.92 Å². The highest BCUT2D eigenvalue weighted by molar-refractivity contribution is 7.19. The van der Waals surface area contributed by atoms with Gasteiger partial charge in [0.25, 0.3) is 5.91 Å². The topological polar surface area (TPSA) is 75.0 Å². The molecule has 2 atom stereocenters. The van der Waals surface area contributed by atoms with Crippen LogP contribution >= 0.6 is 22.9 Å². The quantitative estimate of drug-likeness (QED) is 0.449. The van der Waals surface area contributed by atoms with Gasteiger partial charge >= 0.3 is 0 Å². The zero-order chi connectivity index (χ0) is 24.8. The lowest BCUT2D eigenvalue weighted by atomic mass is 9.88. The van der Waals surface area contributed by atoms with Crippen LogP contribution in [0.5, 0.6) is 5.75 Å². The number of nitrogens with zero attached hydrogens (tertiary/aromatic N) is 3. The minimum atomic E-state index is -0.541. The maximum absolute atomic E-state index is 13.4. The van der Waals surface area contributed by atoms with Gasteiger partial charge in [0.1, 0.15) is 5.75 Å². The summed E-state index contributed by atoms with van der Waals surface area (Å²) in [4.78, 5) is 25.0. The minimum Gasteiger partial charge on any atom is -0.479 e. The van der Waals surface area contributed by atoms with Crippen molar-refractivity contribution in [2.24, 2.45) is 10.9 Å². The molecule has 3 aromatic rings. The fraction of sp³-hybridized carbons (Fsp3) is 0.393. The van der Waals surface area contributed by atoms with Gasteiger partial charge in [-0.05, 0) is 55.0 Å². The van der Waals surface area contributed by atoms with Crippen molar-refractivity contribution >= 4 is 45.3 Å². The van der Waals surface area contributed by atoms with Crippen LogP contribution < -0.4 is 4.74 Å². The van der Waals surface area contributed by atoms with E-state index in [1.807, 2.05) is 48.5 Å². The van der Waals surface area contributed by atoms with E-state index in [1.54, 1.807) is 17.5 Å². The SMILES string of the molecule is CCC(O)c1cc2nccc(-c3cc(Cl)cc4c3OC(C(=O)N3CCC(C5=CN=CC5)CC3)C4)c2s1. The summed E-state index contributed by atoms with van der Waals surface area (Å²) in [5.41, 5.74) is 5.00. The molecule has 8 heteroatoms. The summed E-state index contributed by atoms with van der Waals surface area (Å²) in [7, 11) is 0. The van der Waals surface area contributed by atoms with Crippen LogP contribution in [0.3, 0.4) is 0 Å². The van der Waals surface area contributed by atoms with Crippen LogP contribution in [0.25, 0.3) is 21.3 Å². The number of amides is 1. The van der Waals surface area contributed by atoms with Crippen molar-refractivity contribution < 1.29 is 14.6 Å². The molecule has 186 valence electrons. The largest absolute Gasteiger partial charge is 0.479 e. The molecule has 1 amide bonds. The lowest BCUT2D eigenvalue weighted by Crippen LogP contribution is -2.45. The number of carbonyl (C=O) groups is 1. The van der Waals surface area contributed by atoms with Crippen molar-refractivity contribution in [3.05, 3.63) is 57.7 Å². The van der Waals surface area contributed by atoms with Crippen molar-refractivity contribution in [2.75, 3.05) is 13.1 Å². The Morgan fingerprint density at radius 3 is 2.86 bits per heavy atom. The van der Waals surface area contributed by atoms with Gasteiger partial charge in [-0.25, -0.2) is 0 Å². The molecule has 0 radical (unpaired) electrons. The number of fused-ring (bicyclic) bond motifs is 2. The average Bonchev–Trinajstić information content (AvgIpc) is 3.66. The third-order valence-corrected chi connectivity index (χ3v) is 8.99. The van der Waals surface area contributed by atoms with Gasteiger partial charge in [0.2, 0.25) is 0 Å². The molecule has 6 rings (SSSR count). The number of aromatic nitrogens is 1. The number of hydrogen-bond acceptors (Lipinski definition) is 6. The smallest absolute Gasteiger partial charge is 0.263 e. The number of likely N-dealkylation sites (tertiary alicyclic amines) is 1. The van der Waals surface area contributed by atoms with Crippen molar-refractivity contribution in [3.63, 3.8) is 0 Å². The third-order valence-electron chi connectivity index (χ3n) is 7.51. The van der Waals surface area contributed by atoms with E-state index in [2.05, 4.69) is 9.98 Å². The number of carbonyl (C=O) groups excluding carboxylic acids is 1. The van der Waals surface area contributed by atoms with Gasteiger partial charge in [0, 0.05) is 71.1 Å². The molecular weight excluding hydrogens is 494 g/mol. The summed E-state index contributed by atoms with van der Waals surface area (Å²) in [5, 5.41) is 11.0. The summed E-state index contributed by atoms with van der Waals surface area (Å²) in [6, 6.07) is 7.72. The number of thiophene rings is 1. The Kier molecular flexibility index (Phi) is 6.32. The second-order valence-electron chi connectivity index (χ2n) is 9.74. The Balaban J connectivity index is 1.25. The molecule has 36 heavy (non-hydrogen) atoms. The van der Waals surface area contributed by atoms with E-state index in [0.29, 0.717) is 23.8 Å². The lowest BCUT2D eigenvalue weighted by Gasteiger charge is -2.33. The first-order valence-corrected chi connectivity index (χ1v) is 13.8. The highest BCUT2D eigenvalue weighted by atomic mass is 35.5. The molecule has 3 aliphatic rings. The predicted molar refractivity (Wildman–Crippen MR) is 144 cm³/mol. The zero-order valence-corrected chi connectivity index (χ0v) is 21.7. The van der Waals surface area contributed by atoms with Crippen LogP contribution in [-0.4, -0.2) is 46.3 Å². The van der Waals surface area contributed by atoms with Gasteiger partial charge in [0.05, 0.1) is 16.3 Å². The first-order valence-electron chi connectivity index (χ1n) is 12.6. The maximum Gasteiger partial charge on any atom is 0.263 e. The lowest BCUT2D eigenvalue weighted by molar-refractivity contribution is -0.139. The fourth-order valence-electron chi connectivity index (χ4n) is 5.50. The average molecular weight is 522 g/mol. The van der Waals surface area contributed by atoms with Gasteiger partial charge in [-0.1, -0.05) is 18.5 Å². The Hall–Kier alpha value is -2.74. The first kappa shape index (κ1) is 23.6. The molecule has 1 aromatic carbocycles. The highest BCUT2D eigenvalue weighted by Crippen LogP contribution is 2.45. The maximum atomic E-state index is 13.4. The Morgan fingerprint density at radius 2 is 2.11 bits per heavy atom. The van der Waals surface area contributed by atoms with Crippen molar-refractivity contribution in [3.8, 4) is 16.9 Å². The number of rotatable bonds is 5. The van der Waals surface area contributed by atoms with E-state index in [1.165, 1.54) is 5.57 Å². The molecule has 1 N–H and O–H groups in total. The van der Waals surface area contributed by atoms with Crippen LogP contribution in [0.2, 0.25) is 5.02 Å². The molecule has 2 unspecified atom stereocenters. The summed E-state index contributed by atoms with van der Waals surface area (Å²) in [6.45, 7) is 3.45. The fourth-order valence-corrected chi connectivity index (χ4v) is 6.96. The first-order chi connectivity index (χ1) is 17.5. The normalized spacial score (nSPS) is 20.5. The third kappa shape index (κ3) is 4.23. The number of ether oxygens (including phenoxy) is 1. The number of piperidine rings is 1. The molecule has 2 aromatic heterocycles. The van der Waals surface area contributed by atoms with Gasteiger partial charge in [-0.2, -0.15) is 0 Å². The number of hydrogen-bond donors (Lipinski definition) is 1. The molecule has 0 aliphatic carbocycles. The summed E-state index contributed by atoms with van der Waals surface area (Å²) < 4.78 is 7.35. The Bertz CT molecular complexity index is 1390. The van der Waals surface area contributed by atoms with Gasteiger partial charge < -0.3 is 14.7 Å². The molecule has 1 fully saturated rings. The molecule has 3 aliphatic heterocycles. The number of aliphatic hydroxyl groups excluding tert-OH is 1. The molecular formula is C28H28ClN3O3S. The van der Waals surface area contributed by atoms with E-state index in [0.717, 1.165) is 69.9 Å². The second-order valence-corrected chi connectivity index (χ2v) is 11.3. The predicted octanol–water partition coefficient (Wildman–Crippen LogP) is 5.96. The van der Waals surface area contributed by atoms with Crippen LogP contribution in [-0.2, 0) is 11.2 Å². The van der Waals surface area contributed by atoms with Gasteiger partial charge in [-0.15, -0.1) is 11.3 Å². The van der Waals surface area contributed by atoms with Gasteiger partial charge in [0.15, 0.2) is 6.10 Å². The molecule has 6 nitrogen and oxygen atoms in total. The van der Waals surface area contributed by atoms with E-state index >= 15 is 0 Å². The molecule has 5 heterocycles. The molecule has 0 saturated carbocycles. The van der Waals surface area contributed by atoms with Crippen LogP contribution in [0.15, 0.2) is 47.2 Å². The van der Waals surface area contributed by atoms with Crippen molar-refractivity contribution in [2.45, 2.75) is 51.2 Å². The molecule has 0 bridgehead atoms. The standard InChI is InChI=1S/C28H28ClN3O3S/c1-2-23(33)25-14-22-27(36-25)20(4-8-31-22)21-13-19(29)11-18-12-24(35-26(18)21)28(34)32-9-5-16(6-10-32)17-3-7-30-15-17/h4,7-8,11,13-16,23-24,33H,2-3,5-6,9-10,12H2,1H3. The van der Waals surface area contributed by atoms with Gasteiger partial charge in [-0.3, -0.25) is 14.8 Å². The Morgan fingerprint density at radius 1 is 1.28 bits per heavy atom.